The van der Waals surface area contributed by atoms with Gasteiger partial charge in [0, 0.05) is 35.3 Å². The van der Waals surface area contributed by atoms with Gasteiger partial charge in [-0.2, -0.15) is 0 Å². The first kappa shape index (κ1) is 23.5. The number of thiophene rings is 1. The van der Waals surface area contributed by atoms with Gasteiger partial charge in [-0.05, 0) is 67.8 Å². The highest BCUT2D eigenvalue weighted by molar-refractivity contribution is 7.21. The molecule has 3 aromatic carbocycles. The van der Waals surface area contributed by atoms with Gasteiger partial charge in [0.2, 0.25) is 5.78 Å². The summed E-state index contributed by atoms with van der Waals surface area (Å²) in [5.74, 6) is 1.98. The molecule has 1 aliphatic heterocycles. The van der Waals surface area contributed by atoms with Gasteiger partial charge in [0.15, 0.2) is 5.75 Å². The summed E-state index contributed by atoms with van der Waals surface area (Å²) in [4.78, 5) is 16.3. The lowest BCUT2D eigenvalue weighted by atomic mass is 10.0. The van der Waals surface area contributed by atoms with Gasteiger partial charge in [-0.1, -0.05) is 30.3 Å². The SMILES string of the molecule is Cc1ccc2c(Oc3ccc(OC4CN(CCCF)C4)cc3)c(C(=O)c3ccccc3C)sc2c1. The number of ether oxygens (including phenoxy) is 2. The lowest BCUT2D eigenvalue weighted by Crippen LogP contribution is -2.53. The average molecular weight is 490 g/mol. The van der Waals surface area contributed by atoms with Crippen molar-refractivity contribution in [1.82, 2.24) is 4.90 Å². The smallest absolute Gasteiger partial charge is 0.207 e. The number of benzene rings is 3. The van der Waals surface area contributed by atoms with Crippen molar-refractivity contribution in [2.24, 2.45) is 0 Å². The number of aryl methyl sites for hydroxylation is 2. The zero-order chi connectivity index (χ0) is 24.4. The van der Waals surface area contributed by atoms with Crippen LogP contribution in [0.2, 0.25) is 0 Å². The second kappa shape index (κ2) is 10.2. The van der Waals surface area contributed by atoms with Crippen molar-refractivity contribution in [3.8, 4) is 17.2 Å². The molecule has 6 heteroatoms. The Morgan fingerprint density at radius 1 is 1.03 bits per heavy atom. The largest absolute Gasteiger partial charge is 0.488 e. The molecular weight excluding hydrogens is 461 g/mol. The predicted octanol–water partition coefficient (Wildman–Crippen LogP) is 6.96. The number of alkyl halides is 1. The lowest BCUT2D eigenvalue weighted by molar-refractivity contribution is 0.0184. The normalized spacial score (nSPS) is 14.1. The monoisotopic (exact) mass is 489 g/mol. The number of ketones is 1. The maximum Gasteiger partial charge on any atom is 0.207 e. The van der Waals surface area contributed by atoms with Gasteiger partial charge in [0.1, 0.15) is 22.5 Å². The zero-order valence-corrected chi connectivity index (χ0v) is 20.7. The van der Waals surface area contributed by atoms with E-state index in [2.05, 4.69) is 11.0 Å². The van der Waals surface area contributed by atoms with Crippen molar-refractivity contribution in [3.63, 3.8) is 0 Å². The van der Waals surface area contributed by atoms with Gasteiger partial charge in [0.25, 0.3) is 0 Å². The van der Waals surface area contributed by atoms with Crippen LogP contribution in [0.25, 0.3) is 10.1 Å². The Balaban J connectivity index is 1.36. The number of carbonyl (C=O) groups is 1. The molecule has 0 atom stereocenters. The lowest BCUT2D eigenvalue weighted by Gasteiger charge is -2.38. The van der Waals surface area contributed by atoms with Gasteiger partial charge in [-0.3, -0.25) is 14.1 Å². The number of fused-ring (bicyclic) bond motifs is 1. The highest BCUT2D eigenvalue weighted by atomic mass is 32.1. The maximum atomic E-state index is 13.5. The van der Waals surface area contributed by atoms with Gasteiger partial charge in [0.05, 0.1) is 6.67 Å². The quantitative estimate of drug-likeness (QED) is 0.238. The predicted molar refractivity (Wildman–Crippen MR) is 139 cm³/mol. The van der Waals surface area contributed by atoms with E-state index in [9.17, 15) is 9.18 Å². The van der Waals surface area contributed by atoms with Crippen LogP contribution in [0.3, 0.4) is 0 Å². The fraction of sp³-hybridized carbons (Fsp3) is 0.276. The first-order valence-corrected chi connectivity index (χ1v) is 12.7. The highest BCUT2D eigenvalue weighted by Gasteiger charge is 2.28. The van der Waals surface area contributed by atoms with Crippen LogP contribution in [-0.2, 0) is 0 Å². The number of carbonyl (C=O) groups excluding carboxylic acids is 1. The third-order valence-corrected chi connectivity index (χ3v) is 7.41. The molecule has 1 fully saturated rings. The topological polar surface area (TPSA) is 38.8 Å². The van der Waals surface area contributed by atoms with E-state index in [4.69, 9.17) is 9.47 Å². The molecule has 1 aliphatic rings. The highest BCUT2D eigenvalue weighted by Crippen LogP contribution is 2.42. The van der Waals surface area contributed by atoms with Crippen molar-refractivity contribution in [2.45, 2.75) is 26.4 Å². The Kier molecular flexibility index (Phi) is 6.84. The molecule has 0 amide bonds. The van der Waals surface area contributed by atoms with Gasteiger partial charge in [-0.25, -0.2) is 0 Å². The number of likely N-dealkylation sites (tertiary alicyclic amines) is 1. The molecule has 2 heterocycles. The molecule has 0 aliphatic carbocycles. The van der Waals surface area contributed by atoms with Crippen LogP contribution in [0, 0.1) is 13.8 Å². The summed E-state index contributed by atoms with van der Waals surface area (Å²) in [7, 11) is 0. The molecule has 4 aromatic rings. The van der Waals surface area contributed by atoms with Crippen molar-refractivity contribution < 1.29 is 18.7 Å². The number of halogens is 1. The number of rotatable bonds is 9. The third kappa shape index (κ3) is 5.09. The van der Waals surface area contributed by atoms with Gasteiger partial charge >= 0.3 is 0 Å². The Hall–Kier alpha value is -3.22. The summed E-state index contributed by atoms with van der Waals surface area (Å²) >= 11 is 1.47. The second-order valence-corrected chi connectivity index (χ2v) is 10.1. The molecule has 0 bridgehead atoms. The zero-order valence-electron chi connectivity index (χ0n) is 19.9. The Morgan fingerprint density at radius 2 is 1.77 bits per heavy atom. The fourth-order valence-corrected chi connectivity index (χ4v) is 5.52. The molecule has 0 unspecified atom stereocenters. The Morgan fingerprint density at radius 3 is 2.51 bits per heavy atom. The van der Waals surface area contributed by atoms with Crippen LogP contribution in [0.5, 0.6) is 17.2 Å². The van der Waals surface area contributed by atoms with E-state index in [1.54, 1.807) is 0 Å². The minimum absolute atomic E-state index is 0.0285. The molecule has 4 nitrogen and oxygen atoms in total. The Bertz CT molecular complexity index is 1340. The third-order valence-electron chi connectivity index (χ3n) is 6.27. The molecule has 0 saturated carbocycles. The molecule has 1 aromatic heterocycles. The maximum absolute atomic E-state index is 13.5. The van der Waals surface area contributed by atoms with E-state index in [0.29, 0.717) is 28.4 Å². The summed E-state index contributed by atoms with van der Waals surface area (Å²) in [6.07, 6.45) is 0.702. The van der Waals surface area contributed by atoms with Crippen LogP contribution in [0.4, 0.5) is 4.39 Å². The van der Waals surface area contributed by atoms with E-state index in [1.807, 2.05) is 74.5 Å². The molecule has 0 radical (unpaired) electrons. The molecule has 0 N–H and O–H groups in total. The Labute approximate surface area is 208 Å². The van der Waals surface area contributed by atoms with Crippen molar-refractivity contribution in [1.29, 1.82) is 0 Å². The van der Waals surface area contributed by atoms with Gasteiger partial charge < -0.3 is 9.47 Å². The minimum atomic E-state index is -0.277. The molecule has 5 rings (SSSR count). The summed E-state index contributed by atoms with van der Waals surface area (Å²) < 4.78 is 25.7. The fourth-order valence-electron chi connectivity index (χ4n) is 4.34. The van der Waals surface area contributed by atoms with Crippen molar-refractivity contribution >= 4 is 27.2 Å². The van der Waals surface area contributed by atoms with Crippen LogP contribution < -0.4 is 9.47 Å². The van der Waals surface area contributed by atoms with Crippen molar-refractivity contribution in [2.75, 3.05) is 26.3 Å². The molecule has 180 valence electrons. The molecule has 35 heavy (non-hydrogen) atoms. The first-order chi connectivity index (χ1) is 17.0. The van der Waals surface area contributed by atoms with Crippen LogP contribution in [0.1, 0.15) is 32.8 Å². The van der Waals surface area contributed by atoms with E-state index in [0.717, 1.165) is 46.6 Å². The summed E-state index contributed by atoms with van der Waals surface area (Å²) in [5.41, 5.74) is 2.77. The summed E-state index contributed by atoms with van der Waals surface area (Å²) in [6.45, 7) is 6.14. The molecule has 1 saturated heterocycles. The van der Waals surface area contributed by atoms with E-state index in [-0.39, 0.29) is 18.6 Å². The molecule has 0 spiro atoms. The van der Waals surface area contributed by atoms with Crippen LogP contribution in [-0.4, -0.2) is 43.1 Å². The number of hydrogen-bond acceptors (Lipinski definition) is 5. The molecular formula is C29H28FNO3S. The minimum Gasteiger partial charge on any atom is -0.488 e. The van der Waals surface area contributed by atoms with Gasteiger partial charge in [-0.15, -0.1) is 11.3 Å². The first-order valence-electron chi connectivity index (χ1n) is 11.9. The van der Waals surface area contributed by atoms with E-state index < -0.39 is 0 Å². The number of nitrogens with zero attached hydrogens (tertiary/aromatic N) is 1. The van der Waals surface area contributed by atoms with E-state index in [1.165, 1.54) is 11.3 Å². The number of hydrogen-bond donors (Lipinski definition) is 0. The second-order valence-electron chi connectivity index (χ2n) is 9.02. The summed E-state index contributed by atoms with van der Waals surface area (Å²) in [5, 5.41) is 0.931. The van der Waals surface area contributed by atoms with Crippen molar-refractivity contribution in [3.05, 3.63) is 88.3 Å². The van der Waals surface area contributed by atoms with Crippen LogP contribution in [0.15, 0.2) is 66.7 Å². The standard InChI is InChI=1S/C29H28FNO3S/c1-19-8-13-25-26(16-19)35-29(27(32)24-7-4-3-6-20(24)2)28(25)34-22-11-9-21(10-12-22)33-23-17-31(18-23)15-5-14-30/h3-4,6-13,16,23H,5,14-15,17-18H2,1-2H3. The van der Waals surface area contributed by atoms with Crippen LogP contribution >= 0.6 is 11.3 Å². The summed E-state index contributed by atoms with van der Waals surface area (Å²) in [6, 6.07) is 21.3. The van der Waals surface area contributed by atoms with E-state index >= 15 is 0 Å². The average Bonchev–Trinajstić information content (AvgIpc) is 3.18.